The first-order chi connectivity index (χ1) is 16.6. The van der Waals surface area contributed by atoms with Crippen LogP contribution >= 0.6 is 23.4 Å². The van der Waals surface area contributed by atoms with Crippen LogP contribution in [0.25, 0.3) is 0 Å². The number of carbonyl (C=O) groups is 2. The van der Waals surface area contributed by atoms with Gasteiger partial charge in [0.25, 0.3) is 0 Å². The number of piperazine rings is 1. The van der Waals surface area contributed by atoms with Gasteiger partial charge in [-0.25, -0.2) is 0 Å². The minimum absolute atomic E-state index is 0.148. The molecule has 0 N–H and O–H groups in total. The molecule has 5 rings (SSSR count). The molecule has 10 heteroatoms. The van der Waals surface area contributed by atoms with E-state index in [1.807, 2.05) is 18.7 Å². The van der Waals surface area contributed by atoms with Crippen molar-refractivity contribution in [3.63, 3.8) is 0 Å². The summed E-state index contributed by atoms with van der Waals surface area (Å²) in [6.07, 6.45) is 2.13. The first-order valence-electron chi connectivity index (χ1n) is 11.8. The van der Waals surface area contributed by atoms with E-state index >= 15 is 0 Å². The van der Waals surface area contributed by atoms with Crippen LogP contribution in [-0.2, 0) is 4.79 Å². The van der Waals surface area contributed by atoms with E-state index in [-0.39, 0.29) is 38.5 Å². The maximum absolute atomic E-state index is 13.7. The summed E-state index contributed by atoms with van der Waals surface area (Å²) in [4.78, 5) is 36.5. The molecule has 1 fully saturated rings. The summed E-state index contributed by atoms with van der Waals surface area (Å²) < 4.78 is 17.0. The van der Waals surface area contributed by atoms with Crippen LogP contribution in [0.2, 0.25) is 5.02 Å². The molecule has 4 aliphatic rings. The standard InChI is InChI=1S/C25H30ClN3O5S/c1-14-10-15(28-6-8-29(9-7-28)23-27-13-24(2,3)35-23)11-18(30)25(14)22(31)19-16(32-4)12-17(33-5)20(26)21(19)34-25/h11-12,14H,6-10,13H2,1-5H3. The second-order valence-electron chi connectivity index (χ2n) is 10.0. The Hall–Kier alpha value is -2.39. The van der Waals surface area contributed by atoms with Crippen molar-refractivity contribution in [2.75, 3.05) is 46.9 Å². The van der Waals surface area contributed by atoms with Crippen LogP contribution in [0.4, 0.5) is 0 Å². The number of rotatable bonds is 3. The summed E-state index contributed by atoms with van der Waals surface area (Å²) in [5, 5.41) is 1.27. The predicted octanol–water partition coefficient (Wildman–Crippen LogP) is 3.66. The van der Waals surface area contributed by atoms with Crippen molar-refractivity contribution < 1.29 is 23.8 Å². The lowest BCUT2D eigenvalue weighted by Gasteiger charge is -2.42. The van der Waals surface area contributed by atoms with Gasteiger partial charge in [0.15, 0.2) is 10.9 Å². The Morgan fingerprint density at radius 3 is 2.34 bits per heavy atom. The first-order valence-corrected chi connectivity index (χ1v) is 13.0. The lowest BCUT2D eigenvalue weighted by Crippen LogP contribution is -2.56. The van der Waals surface area contributed by atoms with E-state index in [0.717, 1.165) is 43.6 Å². The SMILES string of the molecule is COc1cc(OC)c2c(c1Cl)OC1(C(=O)C=C(N3CCN(C4=NCC(C)(C)S4)CC3)CC1C)C2=O. The summed E-state index contributed by atoms with van der Waals surface area (Å²) in [6, 6.07) is 1.55. The van der Waals surface area contributed by atoms with Gasteiger partial charge in [-0.3, -0.25) is 14.6 Å². The number of aliphatic imine (C=N–C) groups is 1. The Bertz CT molecular complexity index is 1160. The number of Topliss-reactive ketones (excluding diaryl/α,β-unsaturated/α-hetero) is 1. The number of carbonyl (C=O) groups excluding carboxylic acids is 2. The molecule has 0 amide bonds. The summed E-state index contributed by atoms with van der Waals surface area (Å²) in [5.74, 6) is -0.392. The van der Waals surface area contributed by atoms with Gasteiger partial charge in [-0.15, -0.1) is 0 Å². The monoisotopic (exact) mass is 519 g/mol. The molecule has 1 aromatic carbocycles. The number of allylic oxidation sites excluding steroid dienone is 1. The maximum Gasteiger partial charge on any atom is 0.236 e. The van der Waals surface area contributed by atoms with Crippen LogP contribution < -0.4 is 14.2 Å². The van der Waals surface area contributed by atoms with Gasteiger partial charge in [-0.2, -0.15) is 0 Å². The molecule has 2 unspecified atom stereocenters. The van der Waals surface area contributed by atoms with Crippen molar-refractivity contribution in [3.8, 4) is 17.2 Å². The van der Waals surface area contributed by atoms with Crippen molar-refractivity contribution in [2.24, 2.45) is 10.9 Å². The Morgan fingerprint density at radius 1 is 1.11 bits per heavy atom. The van der Waals surface area contributed by atoms with Crippen molar-refractivity contribution >= 4 is 40.1 Å². The Kier molecular flexibility index (Phi) is 5.99. The quantitative estimate of drug-likeness (QED) is 0.560. The topological polar surface area (TPSA) is 80.7 Å². The highest BCUT2D eigenvalue weighted by Crippen LogP contribution is 2.53. The molecule has 1 saturated heterocycles. The summed E-state index contributed by atoms with van der Waals surface area (Å²) in [6.45, 7) is 10.4. The number of ketones is 2. The van der Waals surface area contributed by atoms with Crippen LogP contribution in [0.1, 0.15) is 37.6 Å². The lowest BCUT2D eigenvalue weighted by atomic mass is 9.74. The zero-order valence-electron chi connectivity index (χ0n) is 20.6. The fraction of sp³-hybridized carbons (Fsp3) is 0.560. The van der Waals surface area contributed by atoms with Crippen molar-refractivity contribution in [1.82, 2.24) is 9.80 Å². The number of hydrogen-bond donors (Lipinski definition) is 0. The Labute approximate surface area is 214 Å². The molecule has 1 aliphatic carbocycles. The van der Waals surface area contributed by atoms with Crippen LogP contribution in [0.15, 0.2) is 22.8 Å². The second-order valence-corrected chi connectivity index (χ2v) is 12.1. The van der Waals surface area contributed by atoms with E-state index in [0.29, 0.717) is 12.2 Å². The van der Waals surface area contributed by atoms with E-state index in [1.165, 1.54) is 14.2 Å². The van der Waals surface area contributed by atoms with Gasteiger partial charge in [0, 0.05) is 54.7 Å². The zero-order valence-corrected chi connectivity index (χ0v) is 22.2. The fourth-order valence-electron chi connectivity index (χ4n) is 5.25. The number of fused-ring (bicyclic) bond motifs is 1. The molecule has 0 aromatic heterocycles. The molecule has 3 aliphatic heterocycles. The number of halogens is 1. The third-order valence-corrected chi connectivity index (χ3v) is 8.82. The predicted molar refractivity (Wildman–Crippen MR) is 136 cm³/mol. The molecule has 35 heavy (non-hydrogen) atoms. The summed E-state index contributed by atoms with van der Waals surface area (Å²) in [5.41, 5.74) is -0.503. The van der Waals surface area contributed by atoms with Crippen LogP contribution in [0.3, 0.4) is 0 Å². The summed E-state index contributed by atoms with van der Waals surface area (Å²) in [7, 11) is 2.93. The minimum Gasteiger partial charge on any atom is -0.496 e. The van der Waals surface area contributed by atoms with Gasteiger partial charge in [0.2, 0.25) is 17.2 Å². The summed E-state index contributed by atoms with van der Waals surface area (Å²) >= 11 is 8.30. The highest BCUT2D eigenvalue weighted by Gasteiger charge is 2.60. The molecule has 0 bridgehead atoms. The van der Waals surface area contributed by atoms with Crippen LogP contribution in [0.5, 0.6) is 17.2 Å². The molecule has 2 atom stereocenters. The maximum atomic E-state index is 13.7. The third kappa shape index (κ3) is 3.78. The van der Waals surface area contributed by atoms with Crippen molar-refractivity contribution in [2.45, 2.75) is 37.5 Å². The van der Waals surface area contributed by atoms with E-state index in [9.17, 15) is 9.59 Å². The normalized spacial score (nSPS) is 27.5. The van der Waals surface area contributed by atoms with Gasteiger partial charge in [-0.05, 0) is 20.3 Å². The average Bonchev–Trinajstić information content (AvgIpc) is 3.36. The first kappa shape index (κ1) is 24.3. The number of amidine groups is 1. The number of thioether (sulfide) groups is 1. The smallest absolute Gasteiger partial charge is 0.236 e. The molecule has 0 radical (unpaired) electrons. The molecule has 1 spiro atoms. The Balaban J connectivity index is 1.36. The third-order valence-electron chi connectivity index (χ3n) is 7.21. The number of hydrogen-bond acceptors (Lipinski definition) is 9. The highest BCUT2D eigenvalue weighted by molar-refractivity contribution is 8.15. The number of methoxy groups -OCH3 is 2. The van der Waals surface area contributed by atoms with Gasteiger partial charge < -0.3 is 24.0 Å². The molecule has 0 saturated carbocycles. The fourth-order valence-corrected chi connectivity index (χ4v) is 6.57. The number of benzene rings is 1. The number of nitrogens with zero attached hydrogens (tertiary/aromatic N) is 3. The van der Waals surface area contributed by atoms with Crippen LogP contribution in [-0.4, -0.2) is 83.8 Å². The van der Waals surface area contributed by atoms with E-state index in [1.54, 1.807) is 12.1 Å². The molecule has 1 aromatic rings. The van der Waals surface area contributed by atoms with E-state index in [4.69, 9.17) is 30.8 Å². The molecule has 188 valence electrons. The molecule has 3 heterocycles. The zero-order chi connectivity index (χ0) is 25.1. The van der Waals surface area contributed by atoms with Gasteiger partial charge in [-0.1, -0.05) is 30.3 Å². The van der Waals surface area contributed by atoms with Crippen molar-refractivity contribution in [3.05, 3.63) is 28.4 Å². The average molecular weight is 520 g/mol. The Morgan fingerprint density at radius 2 is 1.77 bits per heavy atom. The lowest BCUT2D eigenvalue weighted by molar-refractivity contribution is -0.129. The van der Waals surface area contributed by atoms with Crippen LogP contribution in [0, 0.1) is 5.92 Å². The minimum atomic E-state index is -1.64. The van der Waals surface area contributed by atoms with Gasteiger partial charge in [0.05, 0.1) is 20.8 Å². The largest absolute Gasteiger partial charge is 0.496 e. The van der Waals surface area contributed by atoms with E-state index < -0.39 is 11.4 Å². The van der Waals surface area contributed by atoms with Crippen molar-refractivity contribution in [1.29, 1.82) is 0 Å². The molecule has 8 nitrogen and oxygen atoms in total. The van der Waals surface area contributed by atoms with Gasteiger partial charge in [0.1, 0.15) is 22.1 Å². The second kappa shape index (κ2) is 8.62. The number of ether oxygens (including phenoxy) is 3. The van der Waals surface area contributed by atoms with Gasteiger partial charge >= 0.3 is 0 Å². The molecular formula is C25H30ClN3O5S. The highest BCUT2D eigenvalue weighted by atomic mass is 35.5. The van der Waals surface area contributed by atoms with E-state index in [2.05, 4.69) is 23.6 Å². The molecular weight excluding hydrogens is 490 g/mol.